The Bertz CT molecular complexity index is 859. The largest absolute Gasteiger partial charge is 0.416 e. The number of aryl methyl sites for hydroxylation is 1. The Morgan fingerprint density at radius 2 is 1.81 bits per heavy atom. The molecule has 1 heterocycles. The van der Waals surface area contributed by atoms with Gasteiger partial charge in [-0.3, -0.25) is 4.57 Å². The Balaban J connectivity index is 1.86. The molecule has 1 fully saturated rings. The molecule has 0 spiro atoms. The summed E-state index contributed by atoms with van der Waals surface area (Å²) in [5.74, 6) is -2.59. The zero-order valence-electron chi connectivity index (χ0n) is 14.8. The SMILES string of the molecule is Cn1nc(Cc2ccccc2C(F)(F)F)n(CC2CCC(F)(F)CC2)c1=O. The molecule has 0 saturated heterocycles. The van der Waals surface area contributed by atoms with E-state index in [0.717, 1.165) is 10.7 Å². The fourth-order valence-corrected chi connectivity index (χ4v) is 3.53. The molecule has 148 valence electrons. The van der Waals surface area contributed by atoms with E-state index in [-0.39, 0.29) is 56.0 Å². The van der Waals surface area contributed by atoms with Gasteiger partial charge in [-0.1, -0.05) is 18.2 Å². The quantitative estimate of drug-likeness (QED) is 0.741. The average molecular weight is 389 g/mol. The lowest BCUT2D eigenvalue weighted by Crippen LogP contribution is -2.31. The highest BCUT2D eigenvalue weighted by Crippen LogP contribution is 2.37. The summed E-state index contributed by atoms with van der Waals surface area (Å²) in [7, 11) is 1.42. The van der Waals surface area contributed by atoms with Gasteiger partial charge in [0.15, 0.2) is 0 Å². The van der Waals surface area contributed by atoms with Crippen LogP contribution in [-0.4, -0.2) is 20.3 Å². The number of aromatic nitrogens is 3. The van der Waals surface area contributed by atoms with Gasteiger partial charge in [-0.2, -0.15) is 18.3 Å². The highest BCUT2D eigenvalue weighted by molar-refractivity contribution is 5.31. The van der Waals surface area contributed by atoms with Gasteiger partial charge in [0.2, 0.25) is 5.92 Å². The van der Waals surface area contributed by atoms with Crippen LogP contribution < -0.4 is 5.69 Å². The van der Waals surface area contributed by atoms with E-state index in [0.29, 0.717) is 0 Å². The zero-order chi connectivity index (χ0) is 19.8. The van der Waals surface area contributed by atoms with E-state index in [4.69, 9.17) is 0 Å². The van der Waals surface area contributed by atoms with Crippen LogP contribution >= 0.6 is 0 Å². The summed E-state index contributed by atoms with van der Waals surface area (Å²) in [5.41, 5.74) is -1.20. The summed E-state index contributed by atoms with van der Waals surface area (Å²) in [6, 6.07) is 5.15. The van der Waals surface area contributed by atoms with Gasteiger partial charge in [0, 0.05) is 32.9 Å². The van der Waals surface area contributed by atoms with Crippen molar-refractivity contribution >= 4 is 0 Å². The van der Waals surface area contributed by atoms with Gasteiger partial charge < -0.3 is 0 Å². The second-order valence-corrected chi connectivity index (χ2v) is 7.06. The molecule has 1 aliphatic rings. The van der Waals surface area contributed by atoms with Gasteiger partial charge in [0.05, 0.1) is 5.56 Å². The van der Waals surface area contributed by atoms with Crippen LogP contribution in [0.25, 0.3) is 0 Å². The minimum absolute atomic E-state index is 0.0204. The number of hydrogen-bond donors (Lipinski definition) is 0. The Kier molecular flexibility index (Phi) is 5.14. The van der Waals surface area contributed by atoms with Crippen molar-refractivity contribution in [3.63, 3.8) is 0 Å². The molecular weight excluding hydrogens is 369 g/mol. The third-order valence-corrected chi connectivity index (χ3v) is 5.03. The maximum atomic E-state index is 13.3. The van der Waals surface area contributed by atoms with E-state index in [9.17, 15) is 26.7 Å². The van der Waals surface area contributed by atoms with Crippen molar-refractivity contribution in [1.82, 2.24) is 14.3 Å². The number of benzene rings is 1. The smallest absolute Gasteiger partial charge is 0.278 e. The second kappa shape index (κ2) is 7.09. The topological polar surface area (TPSA) is 39.8 Å². The predicted molar refractivity (Wildman–Crippen MR) is 88.6 cm³/mol. The van der Waals surface area contributed by atoms with Crippen LogP contribution in [0.3, 0.4) is 0 Å². The molecule has 0 atom stereocenters. The third kappa shape index (κ3) is 4.39. The summed E-state index contributed by atoms with van der Waals surface area (Å²) in [5, 5.41) is 4.07. The molecule has 1 aliphatic carbocycles. The van der Waals surface area contributed by atoms with Crippen molar-refractivity contribution in [3.05, 3.63) is 51.7 Å². The Morgan fingerprint density at radius 3 is 2.44 bits per heavy atom. The minimum Gasteiger partial charge on any atom is -0.278 e. The molecule has 0 aliphatic heterocycles. The van der Waals surface area contributed by atoms with Gasteiger partial charge in [-0.25, -0.2) is 18.3 Å². The molecule has 0 radical (unpaired) electrons. The number of hydrogen-bond acceptors (Lipinski definition) is 2. The van der Waals surface area contributed by atoms with E-state index in [1.54, 1.807) is 0 Å². The number of halogens is 5. The fraction of sp³-hybridized carbons (Fsp3) is 0.556. The Hall–Kier alpha value is -2.19. The predicted octanol–water partition coefficient (Wildman–Crippen LogP) is 4.02. The van der Waals surface area contributed by atoms with Gasteiger partial charge in [0.1, 0.15) is 5.82 Å². The molecule has 4 nitrogen and oxygen atoms in total. The normalized spacial score (nSPS) is 18.0. The first-order valence-corrected chi connectivity index (χ1v) is 8.72. The molecular formula is C18H20F5N3O. The Morgan fingerprint density at radius 1 is 1.19 bits per heavy atom. The van der Waals surface area contributed by atoms with Gasteiger partial charge in [0.25, 0.3) is 0 Å². The standard InChI is InChI=1S/C18H20F5N3O/c1-25-16(27)26(11-12-6-8-17(19,20)9-7-12)15(24-25)10-13-4-2-3-5-14(13)18(21,22)23/h2-5,12H,6-11H2,1H3. The van der Waals surface area contributed by atoms with Crippen molar-refractivity contribution < 1.29 is 22.0 Å². The first-order chi connectivity index (χ1) is 12.6. The van der Waals surface area contributed by atoms with Crippen molar-refractivity contribution in [2.24, 2.45) is 13.0 Å². The summed E-state index contributed by atoms with van der Waals surface area (Å²) in [6.45, 7) is 0.187. The minimum atomic E-state index is -4.51. The monoisotopic (exact) mass is 389 g/mol. The molecule has 2 aromatic rings. The summed E-state index contributed by atoms with van der Waals surface area (Å²) in [6.07, 6.45) is -4.60. The van der Waals surface area contributed by atoms with E-state index in [1.165, 1.54) is 29.8 Å². The lowest BCUT2D eigenvalue weighted by atomic mass is 9.86. The lowest BCUT2D eigenvalue weighted by molar-refractivity contribution is -0.138. The molecule has 0 unspecified atom stereocenters. The molecule has 27 heavy (non-hydrogen) atoms. The molecule has 0 bridgehead atoms. The first kappa shape index (κ1) is 19.6. The first-order valence-electron chi connectivity index (χ1n) is 8.72. The van der Waals surface area contributed by atoms with E-state index in [1.807, 2.05) is 0 Å². The van der Waals surface area contributed by atoms with Crippen molar-refractivity contribution in [3.8, 4) is 0 Å². The molecule has 3 rings (SSSR count). The molecule has 1 aromatic heterocycles. The average Bonchev–Trinajstić information content (AvgIpc) is 2.84. The molecule has 0 amide bonds. The van der Waals surface area contributed by atoms with Gasteiger partial charge in [-0.15, -0.1) is 0 Å². The fourth-order valence-electron chi connectivity index (χ4n) is 3.53. The third-order valence-electron chi connectivity index (χ3n) is 5.03. The van der Waals surface area contributed by atoms with Crippen molar-refractivity contribution in [2.45, 2.75) is 50.7 Å². The Labute approximate surface area is 152 Å². The van der Waals surface area contributed by atoms with Gasteiger partial charge in [-0.05, 0) is 30.4 Å². The molecule has 9 heteroatoms. The summed E-state index contributed by atoms with van der Waals surface area (Å²) >= 11 is 0. The summed E-state index contributed by atoms with van der Waals surface area (Å²) in [4.78, 5) is 12.4. The highest BCUT2D eigenvalue weighted by atomic mass is 19.4. The lowest BCUT2D eigenvalue weighted by Gasteiger charge is -2.28. The zero-order valence-corrected chi connectivity index (χ0v) is 14.8. The second-order valence-electron chi connectivity index (χ2n) is 7.06. The number of alkyl halides is 5. The maximum absolute atomic E-state index is 13.3. The molecule has 1 aromatic carbocycles. The number of rotatable bonds is 4. The van der Waals surface area contributed by atoms with Crippen LogP contribution in [0, 0.1) is 5.92 Å². The highest BCUT2D eigenvalue weighted by Gasteiger charge is 2.36. The maximum Gasteiger partial charge on any atom is 0.416 e. The molecule has 0 N–H and O–H groups in total. The van der Waals surface area contributed by atoms with Crippen LogP contribution in [0.15, 0.2) is 29.1 Å². The van der Waals surface area contributed by atoms with E-state index in [2.05, 4.69) is 5.10 Å². The van der Waals surface area contributed by atoms with Crippen molar-refractivity contribution in [2.75, 3.05) is 0 Å². The van der Waals surface area contributed by atoms with Crippen LogP contribution in [0.1, 0.15) is 42.6 Å². The van der Waals surface area contributed by atoms with Crippen LogP contribution in [0.4, 0.5) is 22.0 Å². The van der Waals surface area contributed by atoms with E-state index < -0.39 is 23.4 Å². The summed E-state index contributed by atoms with van der Waals surface area (Å²) < 4.78 is 68.7. The van der Waals surface area contributed by atoms with Crippen LogP contribution in [-0.2, 0) is 26.2 Å². The van der Waals surface area contributed by atoms with E-state index >= 15 is 0 Å². The van der Waals surface area contributed by atoms with Crippen LogP contribution in [0.2, 0.25) is 0 Å². The van der Waals surface area contributed by atoms with Gasteiger partial charge >= 0.3 is 11.9 Å². The van der Waals surface area contributed by atoms with Crippen molar-refractivity contribution in [1.29, 1.82) is 0 Å². The molecule has 1 saturated carbocycles. The number of nitrogens with zero attached hydrogens (tertiary/aromatic N) is 3. The van der Waals surface area contributed by atoms with Crippen LogP contribution in [0.5, 0.6) is 0 Å².